The Balaban J connectivity index is 0.00000289. The number of anilines is 1. The number of hydrogen-bond donors (Lipinski definition) is 0. The molecule has 4 aromatic rings. The first-order valence-electron chi connectivity index (χ1n) is 10.8. The molecule has 0 saturated heterocycles. The van der Waals surface area contributed by atoms with Crippen LogP contribution in [0.3, 0.4) is 0 Å². The van der Waals surface area contributed by atoms with E-state index in [1.165, 1.54) is 5.56 Å². The van der Waals surface area contributed by atoms with Crippen LogP contribution in [0.25, 0.3) is 11.1 Å². The van der Waals surface area contributed by atoms with Crippen LogP contribution in [0.5, 0.6) is 0 Å². The topological polar surface area (TPSA) is 29.1 Å². The van der Waals surface area contributed by atoms with E-state index in [1.54, 1.807) is 34.4 Å². The summed E-state index contributed by atoms with van der Waals surface area (Å²) in [7, 11) is 2.00. The molecule has 0 bridgehead atoms. The van der Waals surface area contributed by atoms with Crippen LogP contribution < -0.4 is 36.6 Å². The fourth-order valence-corrected chi connectivity index (χ4v) is 7.79. The van der Waals surface area contributed by atoms with Crippen molar-refractivity contribution in [3.8, 4) is 0 Å². The fourth-order valence-electron chi connectivity index (χ4n) is 3.96. The van der Waals surface area contributed by atoms with E-state index in [-0.39, 0.29) is 18.0 Å². The molecular weight excluding hydrogens is 561 g/mol. The highest BCUT2D eigenvalue weighted by atomic mass is 35.5. The first-order valence-corrected chi connectivity index (χ1v) is 14.1. The van der Waals surface area contributed by atoms with E-state index in [0.29, 0.717) is 11.6 Å². The lowest BCUT2D eigenvalue weighted by Crippen LogP contribution is -3.00. The second-order valence-electron chi connectivity index (χ2n) is 7.86. The number of thioether (sulfide) groups is 1. The number of halogens is 3. The summed E-state index contributed by atoms with van der Waals surface area (Å²) in [6, 6.07) is 13.8. The van der Waals surface area contributed by atoms with Gasteiger partial charge in [-0.1, -0.05) is 58.4 Å². The third-order valence-electron chi connectivity index (χ3n) is 5.71. The molecule has 0 spiro atoms. The van der Waals surface area contributed by atoms with Crippen molar-refractivity contribution in [2.24, 2.45) is 0 Å². The molecule has 3 heterocycles. The lowest BCUT2D eigenvalue weighted by atomic mass is 10.1. The lowest BCUT2D eigenvalue weighted by molar-refractivity contribution is -0.693. The first kappa shape index (κ1) is 26.3. The molecule has 1 aliphatic heterocycles. The molecule has 0 amide bonds. The molecule has 2 aromatic carbocycles. The molecule has 0 fully saturated rings. The molecule has 0 atom stereocenters. The highest BCUT2D eigenvalue weighted by molar-refractivity contribution is 8.08. The zero-order valence-electron chi connectivity index (χ0n) is 19.0. The fraction of sp³-hybridized carbons (Fsp3) is 0.200. The first-order chi connectivity index (χ1) is 16.4. The Morgan fingerprint density at radius 1 is 1.11 bits per heavy atom. The number of aryl methyl sites for hydroxylation is 2. The van der Waals surface area contributed by atoms with Crippen LogP contribution in [-0.2, 0) is 19.5 Å². The second kappa shape index (κ2) is 11.1. The Morgan fingerprint density at radius 2 is 1.91 bits per heavy atom. The standard InChI is InChI=1S/C25H22Cl2N3OS3.ClH/c1-3-30-22(15-21-29(11-12-32-21)10-9-16-5-4-6-17(26)13-16)34-23(24(30)31)25-28(2)19-8-7-18(27)14-20(19)33-25;/h4-8,11-15H,3,9-10H2,1-2H3;1H/q+1;/p-1/b25-23+;. The average Bonchev–Trinajstić information content (AvgIpc) is 3.48. The van der Waals surface area contributed by atoms with Crippen molar-refractivity contribution in [1.82, 2.24) is 4.57 Å². The minimum Gasteiger partial charge on any atom is -1.00 e. The maximum absolute atomic E-state index is 13.4. The summed E-state index contributed by atoms with van der Waals surface area (Å²) in [4.78, 5) is 16.5. The minimum atomic E-state index is 0. The summed E-state index contributed by atoms with van der Waals surface area (Å²) in [6.45, 7) is 3.48. The van der Waals surface area contributed by atoms with Crippen LogP contribution in [0.15, 0.2) is 63.7 Å². The number of thiazole rings is 2. The van der Waals surface area contributed by atoms with Crippen molar-refractivity contribution >= 4 is 74.4 Å². The minimum absolute atomic E-state index is 0. The van der Waals surface area contributed by atoms with Crippen molar-refractivity contribution in [1.29, 1.82) is 0 Å². The quantitative estimate of drug-likeness (QED) is 0.337. The summed E-state index contributed by atoms with van der Waals surface area (Å²) in [5.74, 6) is 0. The molecule has 0 unspecified atom stereocenters. The van der Waals surface area contributed by atoms with Crippen molar-refractivity contribution in [2.75, 3.05) is 11.9 Å². The van der Waals surface area contributed by atoms with Gasteiger partial charge in [-0.3, -0.25) is 9.36 Å². The molecule has 4 nitrogen and oxygen atoms in total. The molecule has 35 heavy (non-hydrogen) atoms. The van der Waals surface area contributed by atoms with Gasteiger partial charge in [-0.15, -0.1) is 11.3 Å². The van der Waals surface area contributed by atoms with Gasteiger partial charge in [0.25, 0.3) is 10.6 Å². The van der Waals surface area contributed by atoms with Gasteiger partial charge in [-0.2, -0.15) is 4.57 Å². The van der Waals surface area contributed by atoms with Gasteiger partial charge in [0.2, 0.25) is 0 Å². The third kappa shape index (κ3) is 5.36. The van der Waals surface area contributed by atoms with Gasteiger partial charge in [0.1, 0.15) is 14.2 Å². The number of hydrogen-bond acceptors (Lipinski definition) is 5. The molecule has 0 radical (unpaired) electrons. The van der Waals surface area contributed by atoms with Gasteiger partial charge >= 0.3 is 0 Å². The summed E-state index contributed by atoms with van der Waals surface area (Å²) in [5, 5.41) is 5.61. The Hall–Kier alpha value is -1.74. The van der Waals surface area contributed by atoms with Crippen molar-refractivity contribution in [3.05, 3.63) is 94.2 Å². The molecule has 5 rings (SSSR count). The Morgan fingerprint density at radius 3 is 2.69 bits per heavy atom. The monoisotopic (exact) mass is 581 g/mol. The zero-order chi connectivity index (χ0) is 23.8. The maximum atomic E-state index is 13.4. The van der Waals surface area contributed by atoms with Crippen LogP contribution in [-0.4, -0.2) is 11.6 Å². The molecule has 2 aromatic heterocycles. The van der Waals surface area contributed by atoms with Gasteiger partial charge in [0, 0.05) is 35.0 Å². The van der Waals surface area contributed by atoms with Gasteiger partial charge in [0.15, 0.2) is 12.7 Å². The maximum Gasteiger partial charge on any atom is 0.271 e. The van der Waals surface area contributed by atoms with Crippen LogP contribution in [0.4, 0.5) is 5.69 Å². The van der Waals surface area contributed by atoms with Crippen molar-refractivity contribution < 1.29 is 17.0 Å². The molecule has 0 aliphatic carbocycles. The molecule has 1 aliphatic rings. The van der Waals surface area contributed by atoms with E-state index in [9.17, 15) is 4.79 Å². The van der Waals surface area contributed by atoms with E-state index in [4.69, 9.17) is 23.2 Å². The molecule has 0 N–H and O–H groups in total. The highest BCUT2D eigenvalue weighted by Crippen LogP contribution is 2.46. The third-order valence-corrected chi connectivity index (χ3v) is 9.50. The number of nitrogens with zero attached hydrogens (tertiary/aromatic N) is 3. The van der Waals surface area contributed by atoms with Gasteiger partial charge < -0.3 is 17.3 Å². The molecule has 182 valence electrons. The highest BCUT2D eigenvalue weighted by Gasteiger charge is 2.25. The van der Waals surface area contributed by atoms with E-state index in [2.05, 4.69) is 33.2 Å². The van der Waals surface area contributed by atoms with Crippen LogP contribution in [0, 0.1) is 0 Å². The Labute approximate surface area is 232 Å². The number of fused-ring (bicyclic) bond motifs is 1. The van der Waals surface area contributed by atoms with Crippen molar-refractivity contribution in [3.63, 3.8) is 0 Å². The lowest BCUT2D eigenvalue weighted by Gasteiger charge is -2.12. The Bertz CT molecular complexity index is 1560. The molecule has 10 heteroatoms. The summed E-state index contributed by atoms with van der Waals surface area (Å²) in [5.41, 5.74) is 2.33. The number of aromatic nitrogens is 2. The average molecular weight is 583 g/mol. The van der Waals surface area contributed by atoms with Crippen LogP contribution >= 0.6 is 57.6 Å². The van der Waals surface area contributed by atoms with E-state index < -0.39 is 0 Å². The van der Waals surface area contributed by atoms with E-state index in [0.717, 1.165) is 47.8 Å². The predicted molar refractivity (Wildman–Crippen MR) is 146 cm³/mol. The Kier molecular flexibility index (Phi) is 8.36. The van der Waals surface area contributed by atoms with Gasteiger partial charge in [-0.25, -0.2) is 0 Å². The van der Waals surface area contributed by atoms with Gasteiger partial charge in [-0.05, 0) is 42.8 Å². The summed E-state index contributed by atoms with van der Waals surface area (Å²) >= 11 is 17.2. The number of rotatable bonds is 5. The van der Waals surface area contributed by atoms with E-state index in [1.807, 2.05) is 54.9 Å². The normalized spacial score (nSPS) is 14.9. The smallest absolute Gasteiger partial charge is 0.271 e. The number of benzene rings is 2. The summed E-state index contributed by atoms with van der Waals surface area (Å²) in [6.07, 6.45) is 5.12. The predicted octanol–water partition coefficient (Wildman–Crippen LogP) is 1.97. The van der Waals surface area contributed by atoms with Crippen LogP contribution in [0.2, 0.25) is 10.0 Å². The second-order valence-corrected chi connectivity index (χ2v) is 11.7. The largest absolute Gasteiger partial charge is 1.00 e. The van der Waals surface area contributed by atoms with Gasteiger partial charge in [0.05, 0.1) is 17.1 Å². The molecular formula is C25H22Cl3N3OS3. The molecule has 0 saturated carbocycles. The zero-order valence-corrected chi connectivity index (χ0v) is 23.7. The van der Waals surface area contributed by atoms with E-state index >= 15 is 0 Å². The summed E-state index contributed by atoms with van der Waals surface area (Å²) < 4.78 is 5.81. The van der Waals surface area contributed by atoms with Crippen LogP contribution in [0.1, 0.15) is 17.5 Å². The SMILES string of the molecule is CCn1c(=O)/c(=C2\Sc3cc(Cl)ccc3N2C)s/c1=C\c1scc[n+]1CCc1cccc(Cl)c1.[Cl-]. The van der Waals surface area contributed by atoms with Crippen molar-refractivity contribution in [2.45, 2.75) is 31.3 Å².